The summed E-state index contributed by atoms with van der Waals surface area (Å²) in [5.74, 6) is 4.40. The molecule has 9 nitrogen and oxygen atoms in total. The molecule has 2 saturated heterocycles. The summed E-state index contributed by atoms with van der Waals surface area (Å²) in [6.45, 7) is 3.38. The van der Waals surface area contributed by atoms with Crippen LogP contribution >= 0.6 is 0 Å². The molecule has 33 heavy (non-hydrogen) atoms. The van der Waals surface area contributed by atoms with Gasteiger partial charge in [0.15, 0.2) is 17.3 Å². The van der Waals surface area contributed by atoms with Gasteiger partial charge in [0.2, 0.25) is 17.6 Å². The first-order valence-electron chi connectivity index (χ1n) is 11.7. The van der Waals surface area contributed by atoms with E-state index in [1.807, 2.05) is 18.2 Å². The largest absolute Gasteiger partial charge is 0.611 e. The second-order valence-corrected chi connectivity index (χ2v) is 10.3. The summed E-state index contributed by atoms with van der Waals surface area (Å²) in [4.78, 5) is 12.7. The van der Waals surface area contributed by atoms with Gasteiger partial charge in [-0.1, -0.05) is 0 Å². The summed E-state index contributed by atoms with van der Waals surface area (Å²) in [5, 5.41) is 3.56. The van der Waals surface area contributed by atoms with Crippen LogP contribution < -0.4 is 24.4 Å². The van der Waals surface area contributed by atoms with E-state index in [1.165, 1.54) is 0 Å². The molecule has 0 amide bonds. The van der Waals surface area contributed by atoms with Crippen LogP contribution in [0.15, 0.2) is 23.1 Å². The van der Waals surface area contributed by atoms with Gasteiger partial charge in [0.25, 0.3) is 0 Å². The van der Waals surface area contributed by atoms with Crippen molar-refractivity contribution in [3.63, 3.8) is 0 Å². The minimum Gasteiger partial charge on any atom is -0.611 e. The predicted octanol–water partition coefficient (Wildman–Crippen LogP) is 2.51. The summed E-state index contributed by atoms with van der Waals surface area (Å²) in [6, 6.07) is 6.01. The molecule has 2 aromatic rings. The SMILES string of the molecule is [O-][S+]1CCc2nc(N3CCC(Oc4ccc5c(c4)OCO5)CC3)nc(NC3CCOCC3)c21. The van der Waals surface area contributed by atoms with Gasteiger partial charge < -0.3 is 33.7 Å². The fourth-order valence-electron chi connectivity index (χ4n) is 4.77. The molecule has 0 radical (unpaired) electrons. The van der Waals surface area contributed by atoms with Gasteiger partial charge in [0.1, 0.15) is 23.3 Å². The first-order valence-corrected chi connectivity index (χ1v) is 13.0. The highest BCUT2D eigenvalue weighted by Gasteiger charge is 2.34. The van der Waals surface area contributed by atoms with Crippen LogP contribution in [-0.2, 0) is 22.3 Å². The lowest BCUT2D eigenvalue weighted by Crippen LogP contribution is -2.39. The number of aryl methyl sites for hydroxylation is 1. The Morgan fingerprint density at radius 2 is 1.88 bits per heavy atom. The van der Waals surface area contributed by atoms with E-state index in [0.29, 0.717) is 11.8 Å². The Morgan fingerprint density at radius 1 is 1.06 bits per heavy atom. The number of hydrogen-bond donors (Lipinski definition) is 1. The Labute approximate surface area is 196 Å². The van der Waals surface area contributed by atoms with Crippen molar-refractivity contribution >= 4 is 22.9 Å². The highest BCUT2D eigenvalue weighted by molar-refractivity contribution is 7.91. The third-order valence-corrected chi connectivity index (χ3v) is 8.07. The first kappa shape index (κ1) is 21.1. The number of rotatable bonds is 5. The molecule has 10 heteroatoms. The number of nitrogens with one attached hydrogen (secondary N) is 1. The molecule has 1 N–H and O–H groups in total. The number of nitrogens with zero attached hydrogens (tertiary/aromatic N) is 3. The fourth-order valence-corrected chi connectivity index (χ4v) is 6.09. The second kappa shape index (κ2) is 9.08. The molecule has 5 heterocycles. The number of fused-ring (bicyclic) bond motifs is 2. The Hall–Kier alpha value is -2.43. The molecule has 0 spiro atoms. The fraction of sp³-hybridized carbons (Fsp3) is 0.565. The molecule has 2 fully saturated rings. The van der Waals surface area contributed by atoms with Crippen LogP contribution in [0.5, 0.6) is 17.2 Å². The quantitative estimate of drug-likeness (QED) is 0.658. The van der Waals surface area contributed by atoms with E-state index in [1.54, 1.807) is 0 Å². The molecule has 1 atom stereocenters. The predicted molar refractivity (Wildman–Crippen MR) is 123 cm³/mol. The zero-order valence-electron chi connectivity index (χ0n) is 18.5. The number of hydrogen-bond acceptors (Lipinski definition) is 9. The van der Waals surface area contributed by atoms with Crippen LogP contribution in [0.2, 0.25) is 0 Å². The lowest BCUT2D eigenvalue weighted by atomic mass is 10.1. The van der Waals surface area contributed by atoms with Gasteiger partial charge in [-0.3, -0.25) is 0 Å². The normalized spacial score (nSPS) is 22.9. The van der Waals surface area contributed by atoms with E-state index < -0.39 is 11.2 Å². The lowest BCUT2D eigenvalue weighted by Gasteiger charge is -2.32. The van der Waals surface area contributed by atoms with E-state index in [4.69, 9.17) is 28.9 Å². The van der Waals surface area contributed by atoms with E-state index >= 15 is 0 Å². The molecular weight excluding hydrogens is 444 g/mol. The monoisotopic (exact) mass is 472 g/mol. The summed E-state index contributed by atoms with van der Waals surface area (Å²) in [5.41, 5.74) is 0.923. The molecule has 4 aliphatic heterocycles. The number of benzene rings is 1. The molecule has 0 bridgehead atoms. The Bertz CT molecular complexity index is 1010. The van der Waals surface area contributed by atoms with Crippen molar-refractivity contribution in [1.29, 1.82) is 0 Å². The van der Waals surface area contributed by atoms with Gasteiger partial charge in [0, 0.05) is 57.7 Å². The summed E-state index contributed by atoms with van der Waals surface area (Å²) in [7, 11) is 0. The zero-order valence-corrected chi connectivity index (χ0v) is 19.3. The van der Waals surface area contributed by atoms with Gasteiger partial charge in [-0.15, -0.1) is 0 Å². The van der Waals surface area contributed by atoms with Crippen LogP contribution in [0, 0.1) is 0 Å². The lowest BCUT2D eigenvalue weighted by molar-refractivity contribution is 0.0903. The highest BCUT2D eigenvalue weighted by atomic mass is 32.2. The molecule has 176 valence electrons. The summed E-state index contributed by atoms with van der Waals surface area (Å²) in [6.07, 6.45) is 4.49. The molecule has 1 unspecified atom stereocenters. The van der Waals surface area contributed by atoms with E-state index in [9.17, 15) is 4.55 Å². The average molecular weight is 473 g/mol. The maximum Gasteiger partial charge on any atom is 0.231 e. The van der Waals surface area contributed by atoms with Gasteiger partial charge >= 0.3 is 0 Å². The topological polar surface area (TPSA) is 101 Å². The van der Waals surface area contributed by atoms with Gasteiger partial charge in [0.05, 0.1) is 0 Å². The van der Waals surface area contributed by atoms with Crippen molar-refractivity contribution in [2.45, 2.75) is 49.1 Å². The minimum atomic E-state index is -1.03. The third-order valence-electron chi connectivity index (χ3n) is 6.61. The molecule has 0 aliphatic carbocycles. The molecule has 1 aromatic carbocycles. The van der Waals surface area contributed by atoms with E-state index in [0.717, 1.165) is 98.0 Å². The molecule has 4 aliphatic rings. The number of aromatic nitrogens is 2. The zero-order chi connectivity index (χ0) is 22.2. The third kappa shape index (κ3) is 4.39. The van der Waals surface area contributed by atoms with Crippen molar-refractivity contribution in [2.75, 3.05) is 49.1 Å². The standard InChI is InChI=1S/C23H28N4O5S/c28-33-12-7-18-21(33)22(24-15-5-10-29-11-6-15)26-23(25-18)27-8-3-16(4-9-27)32-17-1-2-19-20(13-17)31-14-30-19/h1-2,13,15-16H,3-12,14H2,(H,24,25,26). The van der Waals surface area contributed by atoms with Crippen LogP contribution in [0.1, 0.15) is 31.4 Å². The van der Waals surface area contributed by atoms with Crippen molar-refractivity contribution in [3.05, 3.63) is 23.9 Å². The van der Waals surface area contributed by atoms with Gasteiger partial charge in [-0.05, 0) is 36.2 Å². The maximum absolute atomic E-state index is 12.6. The van der Waals surface area contributed by atoms with Crippen molar-refractivity contribution in [3.8, 4) is 17.2 Å². The second-order valence-electron chi connectivity index (χ2n) is 8.80. The molecular formula is C23H28N4O5S. The Kier molecular flexibility index (Phi) is 5.81. The van der Waals surface area contributed by atoms with E-state index in [-0.39, 0.29) is 12.9 Å². The van der Waals surface area contributed by atoms with Crippen molar-refractivity contribution < 1.29 is 23.5 Å². The van der Waals surface area contributed by atoms with Gasteiger partial charge in [-0.25, -0.2) is 4.98 Å². The highest BCUT2D eigenvalue weighted by Crippen LogP contribution is 2.37. The summed E-state index contributed by atoms with van der Waals surface area (Å²) < 4.78 is 35.1. The van der Waals surface area contributed by atoms with Crippen LogP contribution in [0.4, 0.5) is 11.8 Å². The first-order chi connectivity index (χ1) is 16.2. The van der Waals surface area contributed by atoms with Crippen molar-refractivity contribution in [2.24, 2.45) is 0 Å². The number of piperidine rings is 1. The van der Waals surface area contributed by atoms with Gasteiger partial charge in [-0.2, -0.15) is 4.98 Å². The smallest absolute Gasteiger partial charge is 0.231 e. The molecule has 6 rings (SSSR count). The van der Waals surface area contributed by atoms with E-state index in [2.05, 4.69) is 10.2 Å². The molecule has 1 aromatic heterocycles. The number of anilines is 2. The van der Waals surface area contributed by atoms with Crippen LogP contribution in [-0.4, -0.2) is 65.5 Å². The average Bonchev–Trinajstić information content (AvgIpc) is 3.46. The maximum atomic E-state index is 12.6. The van der Waals surface area contributed by atoms with Crippen LogP contribution in [0.25, 0.3) is 0 Å². The summed E-state index contributed by atoms with van der Waals surface area (Å²) >= 11 is -1.03. The molecule has 0 saturated carbocycles. The number of ether oxygens (including phenoxy) is 4. The van der Waals surface area contributed by atoms with Crippen LogP contribution in [0.3, 0.4) is 0 Å². The van der Waals surface area contributed by atoms with Crippen molar-refractivity contribution in [1.82, 2.24) is 9.97 Å². The Morgan fingerprint density at radius 3 is 2.73 bits per heavy atom. The minimum absolute atomic E-state index is 0.128. The Balaban J connectivity index is 1.14.